The van der Waals surface area contributed by atoms with Gasteiger partial charge in [-0.1, -0.05) is 17.7 Å². The number of carbonyl (C=O) groups is 1. The summed E-state index contributed by atoms with van der Waals surface area (Å²) < 4.78 is 42.7. The van der Waals surface area contributed by atoms with Crippen LogP contribution in [0.3, 0.4) is 0 Å². The normalized spacial score (nSPS) is 15.3. The largest absolute Gasteiger partial charge is 0.434 e. The Labute approximate surface area is 181 Å². The van der Waals surface area contributed by atoms with Gasteiger partial charge < -0.3 is 9.80 Å². The van der Waals surface area contributed by atoms with Gasteiger partial charge in [0.15, 0.2) is 10.8 Å². The summed E-state index contributed by atoms with van der Waals surface area (Å²) in [7, 11) is 0. The molecule has 3 heterocycles. The molecule has 4 rings (SSSR count). The van der Waals surface area contributed by atoms with Gasteiger partial charge in [0.05, 0.1) is 23.1 Å². The van der Waals surface area contributed by atoms with Crippen molar-refractivity contribution >= 4 is 22.4 Å². The van der Waals surface area contributed by atoms with Gasteiger partial charge in [-0.05, 0) is 32.4 Å². The Morgan fingerprint density at radius 1 is 1.06 bits per heavy atom. The number of hydrogen-bond acceptors (Lipinski definition) is 5. The van der Waals surface area contributed by atoms with Crippen LogP contribution in [0.15, 0.2) is 35.8 Å². The highest BCUT2D eigenvalue weighted by molar-refractivity contribution is 7.13. The molecule has 1 aromatic carbocycles. The molecule has 2 aromatic heterocycles. The monoisotopic (exact) mass is 449 g/mol. The van der Waals surface area contributed by atoms with Crippen molar-refractivity contribution in [2.75, 3.05) is 31.1 Å². The van der Waals surface area contributed by atoms with Crippen LogP contribution in [-0.2, 0) is 6.18 Å². The van der Waals surface area contributed by atoms with E-state index in [-0.39, 0.29) is 5.69 Å². The van der Waals surface area contributed by atoms with E-state index < -0.39 is 23.3 Å². The van der Waals surface area contributed by atoms with Crippen LogP contribution < -0.4 is 4.90 Å². The van der Waals surface area contributed by atoms with E-state index in [0.29, 0.717) is 32.6 Å². The SMILES string of the molecule is Cc1ccc(-n2ncc(C(=O)N3CCCN(c4nc(C)cs4)CC3)c2C(F)(F)F)cc1. The van der Waals surface area contributed by atoms with Gasteiger partial charge in [0.2, 0.25) is 0 Å². The molecule has 10 heteroatoms. The second kappa shape index (κ2) is 8.33. The summed E-state index contributed by atoms with van der Waals surface area (Å²) in [5, 5.41) is 6.74. The van der Waals surface area contributed by atoms with Crippen LogP contribution in [0.1, 0.15) is 33.7 Å². The lowest BCUT2D eigenvalue weighted by Crippen LogP contribution is -2.36. The molecule has 0 N–H and O–H groups in total. The van der Waals surface area contributed by atoms with Gasteiger partial charge in [-0.25, -0.2) is 9.67 Å². The number of alkyl halides is 3. The minimum absolute atomic E-state index is 0.262. The van der Waals surface area contributed by atoms with Crippen molar-refractivity contribution in [3.05, 3.63) is 58.4 Å². The fourth-order valence-electron chi connectivity index (χ4n) is 3.63. The molecule has 164 valence electrons. The van der Waals surface area contributed by atoms with Gasteiger partial charge in [0, 0.05) is 31.6 Å². The van der Waals surface area contributed by atoms with Crippen LogP contribution in [-0.4, -0.2) is 51.8 Å². The molecular formula is C21H22F3N5OS. The molecule has 0 bridgehead atoms. The zero-order valence-electron chi connectivity index (χ0n) is 17.2. The lowest BCUT2D eigenvalue weighted by atomic mass is 10.2. The molecule has 0 unspecified atom stereocenters. The number of halogens is 3. The van der Waals surface area contributed by atoms with Crippen LogP contribution >= 0.6 is 11.3 Å². The highest BCUT2D eigenvalue weighted by Crippen LogP contribution is 2.34. The Kier molecular flexibility index (Phi) is 5.74. The Morgan fingerprint density at radius 2 is 1.81 bits per heavy atom. The molecule has 1 fully saturated rings. The molecule has 0 saturated carbocycles. The van der Waals surface area contributed by atoms with Crippen LogP contribution in [0.4, 0.5) is 18.3 Å². The number of rotatable bonds is 3. The van der Waals surface area contributed by atoms with Gasteiger partial charge in [-0.15, -0.1) is 11.3 Å². The van der Waals surface area contributed by atoms with Gasteiger partial charge in [-0.3, -0.25) is 4.79 Å². The predicted molar refractivity (Wildman–Crippen MR) is 113 cm³/mol. The lowest BCUT2D eigenvalue weighted by Gasteiger charge is -2.22. The first kappa shape index (κ1) is 21.4. The molecule has 31 heavy (non-hydrogen) atoms. The average Bonchev–Trinajstić information content (AvgIpc) is 3.28. The first-order valence-corrected chi connectivity index (χ1v) is 10.8. The number of aryl methyl sites for hydroxylation is 2. The summed E-state index contributed by atoms with van der Waals surface area (Å²) in [5.74, 6) is -0.650. The fraction of sp³-hybridized carbons (Fsp3) is 0.381. The van der Waals surface area contributed by atoms with E-state index in [2.05, 4.69) is 15.0 Å². The number of anilines is 1. The summed E-state index contributed by atoms with van der Waals surface area (Å²) in [6, 6.07) is 6.54. The minimum Gasteiger partial charge on any atom is -0.346 e. The minimum atomic E-state index is -4.72. The zero-order valence-corrected chi connectivity index (χ0v) is 18.0. The Hall–Kier alpha value is -2.88. The second-order valence-corrected chi connectivity index (χ2v) is 8.39. The number of carbonyl (C=O) groups excluding carboxylic acids is 1. The molecule has 3 aromatic rings. The molecule has 0 radical (unpaired) electrons. The van der Waals surface area contributed by atoms with E-state index in [4.69, 9.17) is 0 Å². The number of benzene rings is 1. The molecule has 1 saturated heterocycles. The van der Waals surface area contributed by atoms with E-state index in [0.717, 1.165) is 27.3 Å². The molecule has 1 aliphatic rings. The summed E-state index contributed by atoms with van der Waals surface area (Å²) in [5.41, 5.74) is 0.642. The molecule has 0 aliphatic carbocycles. The summed E-state index contributed by atoms with van der Waals surface area (Å²) in [6.45, 7) is 5.69. The maximum atomic E-state index is 14.0. The standard InChI is InChI=1S/C21H22F3N5OS/c1-14-4-6-16(7-5-14)29-18(21(22,23)24)17(12-25-29)19(30)27-8-3-9-28(11-10-27)20-26-15(2)13-31-20/h4-7,12-13H,3,8-11H2,1-2H3. The number of aromatic nitrogens is 3. The Morgan fingerprint density at radius 3 is 2.45 bits per heavy atom. The predicted octanol–water partition coefficient (Wildman–Crippen LogP) is 4.32. The summed E-state index contributed by atoms with van der Waals surface area (Å²) >= 11 is 1.53. The third kappa shape index (κ3) is 4.43. The number of amides is 1. The van der Waals surface area contributed by atoms with E-state index in [1.807, 2.05) is 19.2 Å². The summed E-state index contributed by atoms with van der Waals surface area (Å²) in [6.07, 6.45) is -3.04. The third-order valence-electron chi connectivity index (χ3n) is 5.21. The lowest BCUT2D eigenvalue weighted by molar-refractivity contribution is -0.143. The first-order valence-electron chi connectivity index (χ1n) is 9.92. The van der Waals surface area contributed by atoms with Crippen molar-refractivity contribution in [3.8, 4) is 5.69 Å². The van der Waals surface area contributed by atoms with Gasteiger partial charge in [-0.2, -0.15) is 18.3 Å². The van der Waals surface area contributed by atoms with Crippen LogP contribution in [0, 0.1) is 13.8 Å². The first-order chi connectivity index (χ1) is 14.7. The van der Waals surface area contributed by atoms with Crippen LogP contribution in [0.25, 0.3) is 5.69 Å². The molecule has 1 aliphatic heterocycles. The highest BCUT2D eigenvalue weighted by Gasteiger charge is 2.41. The van der Waals surface area contributed by atoms with E-state index in [1.54, 1.807) is 24.3 Å². The van der Waals surface area contributed by atoms with Gasteiger partial charge in [0.25, 0.3) is 5.91 Å². The second-order valence-electron chi connectivity index (χ2n) is 7.56. The van der Waals surface area contributed by atoms with Crippen LogP contribution in [0.5, 0.6) is 0 Å². The van der Waals surface area contributed by atoms with E-state index in [9.17, 15) is 18.0 Å². The van der Waals surface area contributed by atoms with Gasteiger partial charge in [0.1, 0.15) is 0 Å². The number of hydrogen-bond donors (Lipinski definition) is 0. The van der Waals surface area contributed by atoms with Crippen molar-refractivity contribution in [2.24, 2.45) is 0 Å². The van der Waals surface area contributed by atoms with E-state index in [1.165, 1.54) is 16.2 Å². The fourth-order valence-corrected chi connectivity index (χ4v) is 4.49. The summed E-state index contributed by atoms with van der Waals surface area (Å²) in [4.78, 5) is 21.1. The highest BCUT2D eigenvalue weighted by atomic mass is 32.1. The smallest absolute Gasteiger partial charge is 0.346 e. The Balaban J connectivity index is 1.60. The van der Waals surface area contributed by atoms with Crippen molar-refractivity contribution in [1.82, 2.24) is 19.7 Å². The quantitative estimate of drug-likeness (QED) is 0.598. The molecule has 0 spiro atoms. The van der Waals surface area contributed by atoms with E-state index >= 15 is 0 Å². The molecule has 6 nitrogen and oxygen atoms in total. The average molecular weight is 450 g/mol. The van der Waals surface area contributed by atoms with Crippen molar-refractivity contribution in [1.29, 1.82) is 0 Å². The molecular weight excluding hydrogens is 427 g/mol. The maximum absolute atomic E-state index is 14.0. The zero-order chi connectivity index (χ0) is 22.2. The Bertz CT molecular complexity index is 1070. The van der Waals surface area contributed by atoms with Crippen molar-refractivity contribution in [2.45, 2.75) is 26.4 Å². The maximum Gasteiger partial charge on any atom is 0.434 e. The number of nitrogens with zero attached hydrogens (tertiary/aromatic N) is 5. The third-order valence-corrected chi connectivity index (χ3v) is 6.23. The van der Waals surface area contributed by atoms with Crippen molar-refractivity contribution in [3.63, 3.8) is 0 Å². The van der Waals surface area contributed by atoms with Crippen LogP contribution in [0.2, 0.25) is 0 Å². The van der Waals surface area contributed by atoms with Gasteiger partial charge >= 0.3 is 6.18 Å². The van der Waals surface area contributed by atoms with Crippen molar-refractivity contribution < 1.29 is 18.0 Å². The molecule has 1 amide bonds. The molecule has 0 atom stereocenters. The topological polar surface area (TPSA) is 54.3 Å². The number of thiazole rings is 1.